The smallest absolute Gasteiger partial charge is 0.0187 e. The molecule has 0 spiro atoms. The van der Waals surface area contributed by atoms with Crippen molar-refractivity contribution in [3.63, 3.8) is 0 Å². The van der Waals surface area contributed by atoms with Crippen LogP contribution in [0.5, 0.6) is 0 Å². The first kappa shape index (κ1) is 15.4. The minimum Gasteiger partial charge on any atom is -0.326 e. The van der Waals surface area contributed by atoms with Crippen LogP contribution in [0.3, 0.4) is 0 Å². The van der Waals surface area contributed by atoms with Crippen LogP contribution in [-0.4, -0.2) is 25.5 Å². The minimum atomic E-state index is 0.603. The number of aryl methyl sites for hydroxylation is 1. The molecule has 0 aromatic heterocycles. The highest BCUT2D eigenvalue weighted by atomic mass is 15.0. The van der Waals surface area contributed by atoms with E-state index in [0.29, 0.717) is 6.54 Å². The van der Waals surface area contributed by atoms with Crippen LogP contribution in [-0.2, 0) is 13.0 Å². The van der Waals surface area contributed by atoms with Gasteiger partial charge in [-0.15, -0.1) is 0 Å². The standard InChI is InChI=1S/C22H24N2/c1-24(2)12-4-7-17-13-18-9-8-15-5-3-6-16-10-11-19(20(17)14-23)22(18)21(15)16/h3,5-6,8-11,13H,4,7,12,14,23H2,1-2H3. The summed E-state index contributed by atoms with van der Waals surface area (Å²) in [6.07, 6.45) is 2.24. The van der Waals surface area contributed by atoms with E-state index in [1.807, 2.05) is 0 Å². The van der Waals surface area contributed by atoms with Gasteiger partial charge in [0.25, 0.3) is 0 Å². The predicted molar refractivity (Wildman–Crippen MR) is 105 cm³/mol. The molecule has 0 atom stereocenters. The zero-order valence-corrected chi connectivity index (χ0v) is 14.5. The van der Waals surface area contributed by atoms with Gasteiger partial charge in [-0.1, -0.05) is 48.5 Å². The van der Waals surface area contributed by atoms with Crippen molar-refractivity contribution in [2.45, 2.75) is 19.4 Å². The molecular weight excluding hydrogens is 292 g/mol. The van der Waals surface area contributed by atoms with Gasteiger partial charge in [0.15, 0.2) is 0 Å². The van der Waals surface area contributed by atoms with Gasteiger partial charge in [0, 0.05) is 6.54 Å². The van der Waals surface area contributed by atoms with Crippen molar-refractivity contribution in [2.75, 3.05) is 20.6 Å². The molecule has 4 aromatic rings. The van der Waals surface area contributed by atoms with Gasteiger partial charge in [-0.05, 0) is 76.9 Å². The van der Waals surface area contributed by atoms with Crippen LogP contribution in [0.15, 0.2) is 48.5 Å². The van der Waals surface area contributed by atoms with Crippen molar-refractivity contribution in [1.29, 1.82) is 0 Å². The summed E-state index contributed by atoms with van der Waals surface area (Å²) in [7, 11) is 4.26. The molecule has 0 aliphatic rings. The van der Waals surface area contributed by atoms with Crippen molar-refractivity contribution >= 4 is 32.3 Å². The van der Waals surface area contributed by atoms with Gasteiger partial charge in [0.2, 0.25) is 0 Å². The van der Waals surface area contributed by atoms with E-state index < -0.39 is 0 Å². The molecule has 24 heavy (non-hydrogen) atoms. The molecule has 2 heteroatoms. The third-order valence-electron chi connectivity index (χ3n) is 5.11. The van der Waals surface area contributed by atoms with Crippen molar-refractivity contribution < 1.29 is 0 Å². The number of rotatable bonds is 5. The average Bonchev–Trinajstić information content (AvgIpc) is 2.59. The largest absolute Gasteiger partial charge is 0.326 e. The summed E-state index contributed by atoms with van der Waals surface area (Å²) >= 11 is 0. The van der Waals surface area contributed by atoms with E-state index in [2.05, 4.69) is 67.5 Å². The maximum Gasteiger partial charge on any atom is 0.0187 e. The Balaban J connectivity index is 1.95. The maximum absolute atomic E-state index is 6.17. The van der Waals surface area contributed by atoms with Crippen LogP contribution in [0.2, 0.25) is 0 Å². The molecule has 0 saturated carbocycles. The molecule has 0 bridgehead atoms. The van der Waals surface area contributed by atoms with E-state index in [1.165, 1.54) is 43.4 Å². The number of benzene rings is 4. The van der Waals surface area contributed by atoms with Gasteiger partial charge >= 0.3 is 0 Å². The van der Waals surface area contributed by atoms with E-state index in [-0.39, 0.29) is 0 Å². The highest BCUT2D eigenvalue weighted by Crippen LogP contribution is 2.37. The molecule has 0 amide bonds. The summed E-state index contributed by atoms with van der Waals surface area (Å²) in [5, 5.41) is 8.05. The lowest BCUT2D eigenvalue weighted by Gasteiger charge is -2.17. The first-order valence-electron chi connectivity index (χ1n) is 8.72. The number of nitrogens with zero attached hydrogens (tertiary/aromatic N) is 1. The van der Waals surface area contributed by atoms with Crippen LogP contribution < -0.4 is 5.73 Å². The topological polar surface area (TPSA) is 29.3 Å². The normalized spacial score (nSPS) is 12.2. The quantitative estimate of drug-likeness (QED) is 0.548. The molecular formula is C22H24N2. The third-order valence-corrected chi connectivity index (χ3v) is 5.11. The molecule has 2 N–H and O–H groups in total. The summed E-state index contributed by atoms with van der Waals surface area (Å²) in [5.74, 6) is 0. The van der Waals surface area contributed by atoms with Crippen LogP contribution in [0.25, 0.3) is 32.3 Å². The summed E-state index contributed by atoms with van der Waals surface area (Å²) in [5.41, 5.74) is 8.90. The number of hydrogen-bond donors (Lipinski definition) is 1. The van der Waals surface area contributed by atoms with Crippen LogP contribution in [0, 0.1) is 0 Å². The second kappa shape index (κ2) is 6.04. The number of hydrogen-bond acceptors (Lipinski definition) is 2. The van der Waals surface area contributed by atoms with Crippen molar-refractivity contribution in [2.24, 2.45) is 5.73 Å². The second-order valence-corrected chi connectivity index (χ2v) is 6.98. The zero-order chi connectivity index (χ0) is 16.7. The first-order valence-corrected chi connectivity index (χ1v) is 8.72. The fourth-order valence-corrected chi connectivity index (χ4v) is 3.98. The molecule has 4 aromatic carbocycles. The van der Waals surface area contributed by atoms with Crippen LogP contribution >= 0.6 is 0 Å². The monoisotopic (exact) mass is 316 g/mol. The van der Waals surface area contributed by atoms with Crippen LogP contribution in [0.4, 0.5) is 0 Å². The highest BCUT2D eigenvalue weighted by molar-refractivity contribution is 6.23. The Hall–Kier alpha value is -2.16. The van der Waals surface area contributed by atoms with Gasteiger partial charge in [-0.25, -0.2) is 0 Å². The Morgan fingerprint density at radius 3 is 2.29 bits per heavy atom. The lowest BCUT2D eigenvalue weighted by Crippen LogP contribution is -2.14. The molecule has 0 heterocycles. The summed E-state index contributed by atoms with van der Waals surface area (Å²) in [4.78, 5) is 2.24. The van der Waals surface area contributed by atoms with Gasteiger partial charge in [0.05, 0.1) is 0 Å². The average molecular weight is 316 g/mol. The zero-order valence-electron chi connectivity index (χ0n) is 14.5. The Morgan fingerprint density at radius 1 is 0.875 bits per heavy atom. The van der Waals surface area contributed by atoms with Crippen LogP contribution in [0.1, 0.15) is 17.5 Å². The molecule has 122 valence electrons. The Labute approximate surface area is 143 Å². The SMILES string of the molecule is CN(C)CCCc1cc2ccc3cccc4ccc(c1CN)c2c34. The maximum atomic E-state index is 6.17. The lowest BCUT2D eigenvalue weighted by atomic mass is 9.88. The van der Waals surface area contributed by atoms with E-state index in [0.717, 1.165) is 19.4 Å². The predicted octanol–water partition coefficient (Wildman–Crippen LogP) is 4.54. The summed E-state index contributed by atoms with van der Waals surface area (Å²) < 4.78 is 0. The lowest BCUT2D eigenvalue weighted by molar-refractivity contribution is 0.400. The second-order valence-electron chi connectivity index (χ2n) is 6.98. The van der Waals surface area contributed by atoms with Gasteiger partial charge in [0.1, 0.15) is 0 Å². The fourth-order valence-electron chi connectivity index (χ4n) is 3.98. The van der Waals surface area contributed by atoms with E-state index in [1.54, 1.807) is 0 Å². The molecule has 4 rings (SSSR count). The molecule has 0 aliphatic carbocycles. The molecule has 2 nitrogen and oxygen atoms in total. The molecule has 0 unspecified atom stereocenters. The third kappa shape index (κ3) is 2.43. The van der Waals surface area contributed by atoms with Crippen molar-refractivity contribution in [1.82, 2.24) is 4.90 Å². The highest BCUT2D eigenvalue weighted by Gasteiger charge is 2.13. The minimum absolute atomic E-state index is 0.603. The molecule has 0 aliphatic heterocycles. The summed E-state index contributed by atoms with van der Waals surface area (Å²) in [6, 6.07) is 17.9. The Kier molecular flexibility index (Phi) is 3.87. The Bertz CT molecular complexity index is 985. The van der Waals surface area contributed by atoms with Crippen molar-refractivity contribution in [3.05, 3.63) is 59.7 Å². The molecule has 0 radical (unpaired) electrons. The Morgan fingerprint density at radius 2 is 1.58 bits per heavy atom. The molecule has 0 fully saturated rings. The van der Waals surface area contributed by atoms with E-state index in [9.17, 15) is 0 Å². The molecule has 0 saturated heterocycles. The van der Waals surface area contributed by atoms with Crippen molar-refractivity contribution in [3.8, 4) is 0 Å². The van der Waals surface area contributed by atoms with Gasteiger partial charge in [-0.3, -0.25) is 0 Å². The number of nitrogens with two attached hydrogens (primary N) is 1. The van der Waals surface area contributed by atoms with Gasteiger partial charge < -0.3 is 10.6 Å². The van der Waals surface area contributed by atoms with Gasteiger partial charge in [-0.2, -0.15) is 0 Å². The fraction of sp³-hybridized carbons (Fsp3) is 0.273. The van der Waals surface area contributed by atoms with E-state index >= 15 is 0 Å². The first-order chi connectivity index (χ1) is 11.7. The van der Waals surface area contributed by atoms with E-state index in [4.69, 9.17) is 5.73 Å². The summed E-state index contributed by atoms with van der Waals surface area (Å²) in [6.45, 7) is 1.71.